The van der Waals surface area contributed by atoms with Gasteiger partial charge in [0.15, 0.2) is 0 Å². The van der Waals surface area contributed by atoms with E-state index in [1.165, 1.54) is 37.7 Å². The van der Waals surface area contributed by atoms with E-state index in [0.717, 1.165) is 6.42 Å². The number of fused-ring (bicyclic) bond motifs is 3. The van der Waals surface area contributed by atoms with Crippen LogP contribution in [0.25, 0.3) is 0 Å². The van der Waals surface area contributed by atoms with E-state index in [-0.39, 0.29) is 11.8 Å². The fraction of sp³-hybridized carbons (Fsp3) is 0.773. The third-order valence-electron chi connectivity index (χ3n) is 8.59. The highest BCUT2D eigenvalue weighted by Crippen LogP contribution is 2.71. The number of carboxylic acids is 1. The van der Waals surface area contributed by atoms with E-state index in [1.807, 2.05) is 0 Å². The molecule has 3 aliphatic carbocycles. The topological polar surface area (TPSA) is 37.3 Å². The Morgan fingerprint density at radius 1 is 1.21 bits per heavy atom. The molecule has 3 rings (SSSR count). The first-order chi connectivity index (χ1) is 11.1. The van der Waals surface area contributed by atoms with Crippen molar-refractivity contribution in [3.05, 3.63) is 24.3 Å². The van der Waals surface area contributed by atoms with E-state index in [1.54, 1.807) is 0 Å². The van der Waals surface area contributed by atoms with E-state index < -0.39 is 5.97 Å². The fourth-order valence-electron chi connectivity index (χ4n) is 7.04. The average Bonchev–Trinajstić information content (AvgIpc) is 2.88. The first-order valence-electron chi connectivity index (χ1n) is 9.69. The van der Waals surface area contributed by atoms with Crippen LogP contribution in [-0.4, -0.2) is 11.1 Å². The molecule has 3 aliphatic rings. The van der Waals surface area contributed by atoms with Crippen LogP contribution >= 0.6 is 0 Å². The van der Waals surface area contributed by atoms with E-state index in [0.29, 0.717) is 28.6 Å². The lowest BCUT2D eigenvalue weighted by Gasteiger charge is -2.66. The number of aliphatic carboxylic acids is 1. The minimum Gasteiger partial charge on any atom is -0.481 e. The van der Waals surface area contributed by atoms with Gasteiger partial charge in [-0.3, -0.25) is 4.79 Å². The zero-order valence-electron chi connectivity index (χ0n) is 15.9. The van der Waals surface area contributed by atoms with Gasteiger partial charge in [0.1, 0.15) is 0 Å². The Kier molecular flexibility index (Phi) is 4.25. The van der Waals surface area contributed by atoms with Crippen LogP contribution in [-0.2, 0) is 4.79 Å². The molecule has 0 aromatic carbocycles. The molecule has 0 spiro atoms. The van der Waals surface area contributed by atoms with Gasteiger partial charge >= 0.3 is 5.97 Å². The highest BCUT2D eigenvalue weighted by Gasteiger charge is 2.63. The molecule has 134 valence electrons. The first-order valence-corrected chi connectivity index (χ1v) is 9.69. The van der Waals surface area contributed by atoms with Gasteiger partial charge < -0.3 is 5.11 Å². The summed E-state index contributed by atoms with van der Waals surface area (Å²) in [6, 6.07) is 0. The van der Waals surface area contributed by atoms with Gasteiger partial charge in [0.25, 0.3) is 0 Å². The quantitative estimate of drug-likeness (QED) is 0.657. The van der Waals surface area contributed by atoms with Crippen LogP contribution in [0, 0.1) is 34.0 Å². The Labute approximate surface area is 147 Å². The molecule has 2 fully saturated rings. The van der Waals surface area contributed by atoms with Crippen molar-refractivity contribution in [1.29, 1.82) is 0 Å². The van der Waals surface area contributed by atoms with Gasteiger partial charge in [0, 0.05) is 6.42 Å². The van der Waals surface area contributed by atoms with E-state index in [9.17, 15) is 9.90 Å². The molecule has 0 aliphatic heterocycles. The molecule has 0 heterocycles. The Balaban J connectivity index is 2.00. The summed E-state index contributed by atoms with van der Waals surface area (Å²) in [4.78, 5) is 11.3. The van der Waals surface area contributed by atoms with Crippen molar-refractivity contribution in [3.63, 3.8) is 0 Å². The van der Waals surface area contributed by atoms with Gasteiger partial charge in [-0.05, 0) is 79.4 Å². The molecule has 0 bridgehead atoms. The van der Waals surface area contributed by atoms with Crippen LogP contribution in [0.4, 0.5) is 0 Å². The van der Waals surface area contributed by atoms with Crippen molar-refractivity contribution in [2.24, 2.45) is 34.0 Å². The molecule has 0 radical (unpaired) electrons. The number of allylic oxidation sites excluding steroid dienone is 3. The van der Waals surface area contributed by atoms with Crippen LogP contribution in [0.1, 0.15) is 72.6 Å². The Bertz CT molecular complexity index is 577. The minimum atomic E-state index is -0.661. The van der Waals surface area contributed by atoms with Crippen molar-refractivity contribution in [2.45, 2.75) is 72.6 Å². The molecule has 24 heavy (non-hydrogen) atoms. The Morgan fingerprint density at radius 3 is 2.54 bits per heavy atom. The summed E-state index contributed by atoms with van der Waals surface area (Å²) in [5.74, 6) is 1.11. The van der Waals surface area contributed by atoms with E-state index in [4.69, 9.17) is 0 Å². The zero-order chi connectivity index (χ0) is 17.8. The van der Waals surface area contributed by atoms with Gasteiger partial charge in [-0.2, -0.15) is 0 Å². The molecule has 2 nitrogen and oxygen atoms in total. The molecular weight excluding hydrogens is 296 g/mol. The molecule has 0 aromatic heterocycles. The molecular formula is C22H34O2. The number of hydrogen-bond donors (Lipinski definition) is 1. The molecule has 2 heteroatoms. The molecule has 0 saturated heterocycles. The maximum Gasteiger partial charge on any atom is 0.303 e. The number of rotatable bonds is 4. The second kappa shape index (κ2) is 5.75. The van der Waals surface area contributed by atoms with Gasteiger partial charge in [0.05, 0.1) is 0 Å². The van der Waals surface area contributed by atoms with Crippen LogP contribution in [0.5, 0.6) is 0 Å². The third kappa shape index (κ3) is 2.32. The highest BCUT2D eigenvalue weighted by molar-refractivity contribution is 5.66. The zero-order valence-corrected chi connectivity index (χ0v) is 15.9. The lowest BCUT2D eigenvalue weighted by Crippen LogP contribution is -2.59. The van der Waals surface area contributed by atoms with Crippen molar-refractivity contribution in [2.75, 3.05) is 0 Å². The summed E-state index contributed by atoms with van der Waals surface area (Å²) in [6.45, 7) is 13.8. The van der Waals surface area contributed by atoms with Crippen molar-refractivity contribution < 1.29 is 9.90 Å². The van der Waals surface area contributed by atoms with Gasteiger partial charge in [-0.1, -0.05) is 45.1 Å². The number of carbonyl (C=O) groups is 1. The molecule has 2 saturated carbocycles. The summed E-state index contributed by atoms with van der Waals surface area (Å²) >= 11 is 0. The molecule has 6 unspecified atom stereocenters. The standard InChI is InChI=1S/C22H34O2/c1-15(2)17-10-14-22(5)18(20(17,3)13-11-19(23)24)9-8-16-7-6-12-21(16,22)4/h6-7,16-18H,1,8-14H2,2-5H3,(H,23,24). The summed E-state index contributed by atoms with van der Waals surface area (Å²) < 4.78 is 0. The largest absolute Gasteiger partial charge is 0.481 e. The second-order valence-electron chi connectivity index (χ2n) is 9.54. The predicted octanol–water partition coefficient (Wildman–Crippen LogP) is 5.84. The van der Waals surface area contributed by atoms with E-state index >= 15 is 0 Å². The lowest BCUT2D eigenvalue weighted by atomic mass is 9.38. The van der Waals surface area contributed by atoms with Gasteiger partial charge in [0.2, 0.25) is 0 Å². The molecule has 0 aromatic rings. The average molecular weight is 331 g/mol. The van der Waals surface area contributed by atoms with Crippen LogP contribution in [0.3, 0.4) is 0 Å². The van der Waals surface area contributed by atoms with Crippen molar-refractivity contribution in [1.82, 2.24) is 0 Å². The van der Waals surface area contributed by atoms with Crippen LogP contribution < -0.4 is 0 Å². The number of carboxylic acid groups (broad SMARTS) is 1. The summed E-state index contributed by atoms with van der Waals surface area (Å²) in [7, 11) is 0. The number of hydrogen-bond acceptors (Lipinski definition) is 1. The second-order valence-corrected chi connectivity index (χ2v) is 9.54. The molecule has 1 N–H and O–H groups in total. The lowest BCUT2D eigenvalue weighted by molar-refractivity contribution is -0.162. The van der Waals surface area contributed by atoms with Crippen LogP contribution in [0.2, 0.25) is 0 Å². The monoisotopic (exact) mass is 330 g/mol. The Morgan fingerprint density at radius 2 is 1.92 bits per heavy atom. The van der Waals surface area contributed by atoms with Crippen molar-refractivity contribution >= 4 is 5.97 Å². The maximum absolute atomic E-state index is 11.3. The van der Waals surface area contributed by atoms with Gasteiger partial charge in [-0.15, -0.1) is 0 Å². The first kappa shape index (κ1) is 17.8. The SMILES string of the molecule is C=C(C)C1CCC2(C)C(CCC3C=CCC32C)C1(C)CCC(=O)O. The summed E-state index contributed by atoms with van der Waals surface area (Å²) in [5, 5.41) is 9.31. The minimum absolute atomic E-state index is 0.0633. The van der Waals surface area contributed by atoms with Crippen molar-refractivity contribution in [3.8, 4) is 0 Å². The predicted molar refractivity (Wildman–Crippen MR) is 98.7 cm³/mol. The maximum atomic E-state index is 11.3. The summed E-state index contributed by atoms with van der Waals surface area (Å²) in [6.07, 6.45) is 12.0. The molecule has 6 atom stereocenters. The Hall–Kier alpha value is -1.05. The van der Waals surface area contributed by atoms with Crippen LogP contribution in [0.15, 0.2) is 24.3 Å². The van der Waals surface area contributed by atoms with Gasteiger partial charge in [-0.25, -0.2) is 0 Å². The van der Waals surface area contributed by atoms with E-state index in [2.05, 4.69) is 46.4 Å². The fourth-order valence-corrected chi connectivity index (χ4v) is 7.04. The summed E-state index contributed by atoms with van der Waals surface area (Å²) in [5.41, 5.74) is 1.97. The molecule has 0 amide bonds. The third-order valence-corrected chi connectivity index (χ3v) is 8.59. The highest BCUT2D eigenvalue weighted by atomic mass is 16.4. The smallest absolute Gasteiger partial charge is 0.303 e. The normalized spacial score (nSPS) is 47.1.